The van der Waals surface area contributed by atoms with Crippen LogP contribution in [0.15, 0.2) is 206 Å². The number of benzene rings is 8. The molecule has 0 aliphatic carbocycles. The van der Waals surface area contributed by atoms with Crippen LogP contribution in [0.25, 0.3) is 34.4 Å². The number of carboxylic acids is 2. The van der Waals surface area contributed by atoms with E-state index >= 15 is 8.78 Å². The largest absolute Gasteiger partial charge is 0.542 e. The number of likely N-dealkylation sites (N-methyl/N-ethyl adjacent to an activating group) is 2. The minimum Gasteiger partial charge on any atom is -0.542 e. The molecule has 8 aromatic carbocycles. The highest BCUT2D eigenvalue weighted by Crippen LogP contribution is 2.29. The zero-order valence-electron chi connectivity index (χ0n) is 62.7. The number of alkyl halides is 6. The van der Waals surface area contributed by atoms with Gasteiger partial charge in [-0.1, -0.05) is 146 Å². The van der Waals surface area contributed by atoms with Crippen LogP contribution < -0.4 is 31.5 Å². The third-order valence-electron chi connectivity index (χ3n) is 20.0. The van der Waals surface area contributed by atoms with Crippen LogP contribution in [0.1, 0.15) is 79.1 Å². The highest BCUT2D eigenvalue weighted by molar-refractivity contribution is 5.95. The van der Waals surface area contributed by atoms with E-state index in [-0.39, 0.29) is 23.4 Å². The van der Waals surface area contributed by atoms with Crippen molar-refractivity contribution in [2.45, 2.75) is 77.6 Å². The van der Waals surface area contributed by atoms with Crippen molar-refractivity contribution in [2.75, 3.05) is 119 Å². The molecule has 4 heterocycles. The van der Waals surface area contributed by atoms with E-state index in [1.165, 1.54) is 34.4 Å². The normalized spacial score (nSPS) is 17.7. The maximum Gasteiger partial charge on any atom is 0.430 e. The van der Waals surface area contributed by atoms with Crippen molar-refractivity contribution >= 4 is 35.9 Å². The maximum atomic E-state index is 15.0. The van der Waals surface area contributed by atoms with Crippen molar-refractivity contribution in [3.8, 4) is 22.3 Å². The van der Waals surface area contributed by atoms with Crippen LogP contribution in [-0.2, 0) is 48.9 Å². The van der Waals surface area contributed by atoms with Gasteiger partial charge in [-0.15, -0.1) is 0 Å². The summed E-state index contributed by atoms with van der Waals surface area (Å²) in [5.41, 5.74) is 13.0. The van der Waals surface area contributed by atoms with Gasteiger partial charge in [0.1, 0.15) is 23.6 Å². The fourth-order valence-electron chi connectivity index (χ4n) is 13.7. The second-order valence-electron chi connectivity index (χ2n) is 29.2. The average Bonchev–Trinajstić information content (AvgIpc) is 0.826. The van der Waals surface area contributed by atoms with Gasteiger partial charge in [0.05, 0.1) is 53.4 Å². The third-order valence-corrected chi connectivity index (χ3v) is 20.0. The van der Waals surface area contributed by atoms with Gasteiger partial charge in [0.15, 0.2) is 0 Å². The molecule has 4 N–H and O–H groups in total. The highest BCUT2D eigenvalue weighted by atomic mass is 19.4. The Morgan fingerprint density at radius 3 is 1.12 bits per heavy atom. The van der Waals surface area contributed by atoms with E-state index in [4.69, 9.17) is 19.8 Å². The van der Waals surface area contributed by atoms with Crippen molar-refractivity contribution in [3.05, 3.63) is 274 Å². The molecule has 4 fully saturated rings. The second kappa shape index (κ2) is 40.3. The summed E-state index contributed by atoms with van der Waals surface area (Å²) in [5, 5.41) is 30.7. The first kappa shape index (κ1) is 84.3. The lowest BCUT2D eigenvalue weighted by Gasteiger charge is -2.41. The molecule has 0 radical (unpaired) electrons. The Morgan fingerprint density at radius 2 is 0.773 bits per heavy atom. The highest BCUT2D eigenvalue weighted by Gasteiger charge is 2.32. The summed E-state index contributed by atoms with van der Waals surface area (Å²) >= 11 is 0. The number of carbonyl (C=O) groups is 4. The van der Waals surface area contributed by atoms with Crippen molar-refractivity contribution < 1.29 is 73.5 Å². The first-order chi connectivity index (χ1) is 52.5. The van der Waals surface area contributed by atoms with E-state index in [2.05, 4.69) is 178 Å². The molecule has 2 atom stereocenters. The van der Waals surface area contributed by atoms with Crippen LogP contribution in [0, 0.1) is 11.6 Å². The lowest BCUT2D eigenvalue weighted by atomic mass is 10.00. The van der Waals surface area contributed by atoms with Crippen LogP contribution in [0.5, 0.6) is 0 Å². The summed E-state index contributed by atoms with van der Waals surface area (Å²) < 4.78 is 95.3. The zero-order chi connectivity index (χ0) is 78.9. The number of piperazine rings is 4. The molecule has 584 valence electrons. The molecule has 4 aliphatic rings. The molecule has 4 saturated heterocycles. The Morgan fingerprint density at radius 1 is 0.436 bits per heavy atom. The number of rotatable bonds is 22. The molecule has 8 aromatic rings. The Kier molecular flexibility index (Phi) is 30.8. The fourth-order valence-corrected chi connectivity index (χ4v) is 13.7. The smallest absolute Gasteiger partial charge is 0.430 e. The molecule has 4 aliphatic heterocycles. The first-order valence-corrected chi connectivity index (χ1v) is 37.1. The number of quaternary nitrogens is 2. The fraction of sp³-hybridized carbons (Fsp3) is 0.349. The monoisotopic (exact) mass is 1520 g/mol. The number of aliphatic carboxylic acids is 2. The van der Waals surface area contributed by atoms with Gasteiger partial charge in [0.25, 0.3) is 11.8 Å². The minimum atomic E-state index is -5.19. The Bertz CT molecular complexity index is 4100. The summed E-state index contributed by atoms with van der Waals surface area (Å²) in [6.07, 6.45) is -1.36. The van der Waals surface area contributed by atoms with E-state index < -0.39 is 24.3 Å². The molecule has 110 heavy (non-hydrogen) atoms. The summed E-state index contributed by atoms with van der Waals surface area (Å²) in [6, 6.07) is 64.3. The average molecular weight is 1520 g/mol. The van der Waals surface area contributed by atoms with Crippen LogP contribution in [0.2, 0.25) is 0 Å². The number of carbonyl (C=O) groups excluding carboxylic acids is 4. The van der Waals surface area contributed by atoms with Gasteiger partial charge >= 0.3 is 12.4 Å². The van der Waals surface area contributed by atoms with E-state index in [1.807, 2.05) is 84.9 Å². The predicted octanol–water partition coefficient (Wildman–Crippen LogP) is 11.0. The van der Waals surface area contributed by atoms with Crippen molar-refractivity contribution in [2.24, 2.45) is 0 Å². The van der Waals surface area contributed by atoms with Gasteiger partial charge in [0.2, 0.25) is 0 Å². The Labute approximate surface area is 639 Å². The lowest BCUT2D eigenvalue weighted by molar-refractivity contribution is -0.908. The number of halogens is 8. The predicted molar refractivity (Wildman–Crippen MR) is 410 cm³/mol. The minimum absolute atomic E-state index is 0.122. The van der Waals surface area contributed by atoms with Crippen molar-refractivity contribution in [3.63, 3.8) is 0 Å². The number of carboxylic acid groups (broad SMARTS) is 2. The molecule has 24 heteroatoms. The van der Waals surface area contributed by atoms with Crippen LogP contribution in [0.4, 0.5) is 35.1 Å². The summed E-state index contributed by atoms with van der Waals surface area (Å²) in [4.78, 5) is 53.8. The SMILES string of the molecule is C[C@H]1CN(Cc2cccc(-c3cc(CNC(=O)c4cccc(CN5CC[N+](C)(C/C=C/c6ccccc6)CC5)c4)ccc3F)c2)CCN1.C[C@H]1CN(Cc2cccc(-c3cc(CNC(=O)c4cccc(CN5CC[N+](C)(C/C=C/c6ccccc6)CC5)c4)ccc3F)c2)CCN1.O=C([O-])C(F)(F)F.O=C([O-])C(F)(F)F. The standard InChI is InChI=1S/2C41H48FN5O.2C2HF3O2/c2*1-32-29-46(19-18-43-32)31-35-11-6-14-37(25-35)39-27-34(16-17-40(39)42)28-44-41(48)38-15-7-12-36(26-38)30-45-20-23-47(2,24-21-45)22-8-13-33-9-4-3-5-10-33;2*3-2(4,5)1(6)7/h2*3-17,25-27,32,43H,18-24,28-31H2,1-2H3;2*(H,6,7)/b2*13-8+;;/t2*32-;;/m00../s1. The molecule has 0 saturated carbocycles. The maximum absolute atomic E-state index is 15.0. The summed E-state index contributed by atoms with van der Waals surface area (Å²) in [7, 11) is 4.68. The molecule has 12 rings (SSSR count). The summed E-state index contributed by atoms with van der Waals surface area (Å²) in [6.45, 7) is 24.9. The molecule has 0 unspecified atom stereocenters. The van der Waals surface area contributed by atoms with E-state index in [0.717, 1.165) is 173 Å². The zero-order valence-corrected chi connectivity index (χ0v) is 62.7. The number of amides is 2. The topological polar surface area (TPSA) is 175 Å². The molecule has 0 aromatic heterocycles. The van der Waals surface area contributed by atoms with Gasteiger partial charge in [-0.05, 0) is 142 Å². The van der Waals surface area contributed by atoms with Crippen LogP contribution in [0.3, 0.4) is 0 Å². The Balaban J connectivity index is 0.000000215. The van der Waals surface area contributed by atoms with Gasteiger partial charge in [-0.2, -0.15) is 26.3 Å². The third kappa shape index (κ3) is 27.4. The molecular weight excluding hydrogens is 1420 g/mol. The first-order valence-electron chi connectivity index (χ1n) is 37.1. The quantitative estimate of drug-likeness (QED) is 0.0374. The van der Waals surface area contributed by atoms with Gasteiger partial charge in [-0.25, -0.2) is 8.78 Å². The van der Waals surface area contributed by atoms with Crippen LogP contribution >= 0.6 is 0 Å². The van der Waals surface area contributed by atoms with E-state index in [9.17, 15) is 35.9 Å². The lowest BCUT2D eigenvalue weighted by Crippen LogP contribution is -2.56. The number of hydrogen-bond donors (Lipinski definition) is 4. The molecule has 0 bridgehead atoms. The van der Waals surface area contributed by atoms with E-state index in [1.54, 1.807) is 12.1 Å². The van der Waals surface area contributed by atoms with Crippen molar-refractivity contribution in [1.29, 1.82) is 0 Å². The molecule has 16 nitrogen and oxygen atoms in total. The molecule has 0 spiro atoms. The number of hydrogen-bond acceptors (Lipinski definition) is 12. The van der Waals surface area contributed by atoms with Gasteiger partial charge < -0.3 is 50.0 Å². The van der Waals surface area contributed by atoms with Crippen molar-refractivity contribution in [1.82, 2.24) is 40.9 Å². The van der Waals surface area contributed by atoms with Gasteiger partial charge in [0, 0.05) is 139 Å². The number of nitrogens with zero attached hydrogens (tertiary/aromatic N) is 6. The molecular formula is C86H98F8N10O6. The Hall–Kier alpha value is -9.76. The number of nitrogens with one attached hydrogen (secondary N) is 4. The van der Waals surface area contributed by atoms with Gasteiger partial charge in [-0.3, -0.25) is 29.2 Å². The molecule has 2 amide bonds. The second-order valence-corrected chi connectivity index (χ2v) is 29.2. The van der Waals surface area contributed by atoms with E-state index in [0.29, 0.717) is 47.4 Å². The summed E-state index contributed by atoms with van der Waals surface area (Å²) in [5.74, 6) is -6.77. The van der Waals surface area contributed by atoms with Crippen LogP contribution in [-0.4, -0.2) is 196 Å².